The number of anilines is 1. The smallest absolute Gasteiger partial charge is 0.128 e. The SMILES string of the molecule is CCNC(c1cccc(F)c1)c1cc(Cl)cnc1N. The van der Waals surface area contributed by atoms with Gasteiger partial charge in [0.25, 0.3) is 0 Å². The molecule has 19 heavy (non-hydrogen) atoms. The Kier molecular flexibility index (Phi) is 4.35. The monoisotopic (exact) mass is 279 g/mol. The zero-order chi connectivity index (χ0) is 13.8. The normalized spacial score (nSPS) is 12.4. The maximum absolute atomic E-state index is 13.4. The molecule has 0 spiro atoms. The van der Waals surface area contributed by atoms with Crippen LogP contribution >= 0.6 is 11.6 Å². The van der Waals surface area contributed by atoms with Gasteiger partial charge in [-0.05, 0) is 30.3 Å². The summed E-state index contributed by atoms with van der Waals surface area (Å²) in [4.78, 5) is 4.04. The van der Waals surface area contributed by atoms with Crippen molar-refractivity contribution in [1.82, 2.24) is 10.3 Å². The molecule has 0 aliphatic heterocycles. The van der Waals surface area contributed by atoms with Gasteiger partial charge in [0, 0.05) is 11.8 Å². The summed E-state index contributed by atoms with van der Waals surface area (Å²) in [5.74, 6) is 0.105. The Balaban J connectivity index is 2.48. The van der Waals surface area contributed by atoms with Gasteiger partial charge in [0.1, 0.15) is 11.6 Å². The van der Waals surface area contributed by atoms with Crippen LogP contribution in [0.4, 0.5) is 10.2 Å². The summed E-state index contributed by atoms with van der Waals surface area (Å²) in [6.45, 7) is 2.69. The maximum Gasteiger partial charge on any atom is 0.128 e. The molecule has 0 aliphatic carbocycles. The lowest BCUT2D eigenvalue weighted by Crippen LogP contribution is -2.23. The highest BCUT2D eigenvalue weighted by Crippen LogP contribution is 2.28. The third-order valence-electron chi connectivity index (χ3n) is 2.82. The summed E-state index contributed by atoms with van der Waals surface area (Å²) in [6.07, 6.45) is 1.50. The molecule has 1 unspecified atom stereocenters. The van der Waals surface area contributed by atoms with E-state index in [0.717, 1.165) is 11.1 Å². The Bertz CT molecular complexity index is 574. The van der Waals surface area contributed by atoms with Crippen molar-refractivity contribution in [1.29, 1.82) is 0 Å². The standard InChI is InChI=1S/C14H15ClFN3/c1-2-18-13(9-4-3-5-11(16)6-9)12-7-10(15)8-19-14(12)17/h3-8,13,18H,2H2,1H3,(H2,17,19). The second-order valence-corrected chi connectivity index (χ2v) is 4.61. The second kappa shape index (κ2) is 5.99. The molecular weight excluding hydrogens is 265 g/mol. The second-order valence-electron chi connectivity index (χ2n) is 4.17. The van der Waals surface area contributed by atoms with E-state index in [9.17, 15) is 4.39 Å². The van der Waals surface area contributed by atoms with E-state index in [1.807, 2.05) is 13.0 Å². The van der Waals surface area contributed by atoms with Crippen molar-refractivity contribution in [3.8, 4) is 0 Å². The molecule has 3 N–H and O–H groups in total. The molecule has 0 amide bonds. The topological polar surface area (TPSA) is 50.9 Å². The molecule has 0 radical (unpaired) electrons. The molecule has 0 aliphatic rings. The molecule has 3 nitrogen and oxygen atoms in total. The van der Waals surface area contributed by atoms with Gasteiger partial charge in [-0.15, -0.1) is 0 Å². The first-order valence-electron chi connectivity index (χ1n) is 6.01. The van der Waals surface area contributed by atoms with E-state index in [0.29, 0.717) is 17.4 Å². The molecule has 1 aromatic heterocycles. The Morgan fingerprint density at radius 3 is 2.89 bits per heavy atom. The van der Waals surface area contributed by atoms with E-state index in [1.54, 1.807) is 12.1 Å². The third-order valence-corrected chi connectivity index (χ3v) is 3.02. The molecule has 0 bridgehead atoms. The number of nitrogens with two attached hydrogens (primary N) is 1. The van der Waals surface area contributed by atoms with Crippen molar-refractivity contribution in [2.24, 2.45) is 0 Å². The summed E-state index contributed by atoms with van der Waals surface area (Å²) in [5.41, 5.74) is 7.43. The molecule has 0 fully saturated rings. The minimum Gasteiger partial charge on any atom is -0.383 e. The fourth-order valence-corrected chi connectivity index (χ4v) is 2.16. The van der Waals surface area contributed by atoms with Gasteiger partial charge < -0.3 is 11.1 Å². The van der Waals surface area contributed by atoms with Crippen LogP contribution in [0.25, 0.3) is 0 Å². The lowest BCUT2D eigenvalue weighted by Gasteiger charge is -2.20. The quantitative estimate of drug-likeness (QED) is 0.904. The fourth-order valence-electron chi connectivity index (χ4n) is 1.99. The number of benzene rings is 1. The maximum atomic E-state index is 13.4. The van der Waals surface area contributed by atoms with Crippen LogP contribution in [0, 0.1) is 5.82 Å². The number of aromatic nitrogens is 1. The molecule has 1 aromatic carbocycles. The van der Waals surface area contributed by atoms with Crippen molar-refractivity contribution in [2.75, 3.05) is 12.3 Å². The molecule has 1 atom stereocenters. The van der Waals surface area contributed by atoms with Crippen molar-refractivity contribution in [2.45, 2.75) is 13.0 Å². The molecule has 0 saturated carbocycles. The molecular formula is C14H15ClFN3. The van der Waals surface area contributed by atoms with Crippen molar-refractivity contribution < 1.29 is 4.39 Å². The first kappa shape index (κ1) is 13.8. The van der Waals surface area contributed by atoms with Gasteiger partial charge in [-0.2, -0.15) is 0 Å². The third kappa shape index (κ3) is 3.22. The minimum absolute atomic E-state index is 0.230. The molecule has 2 aromatic rings. The van der Waals surface area contributed by atoms with Crippen LogP contribution in [-0.2, 0) is 0 Å². The van der Waals surface area contributed by atoms with E-state index in [2.05, 4.69) is 10.3 Å². The van der Waals surface area contributed by atoms with E-state index >= 15 is 0 Å². The average Bonchev–Trinajstić information content (AvgIpc) is 2.39. The van der Waals surface area contributed by atoms with Crippen LogP contribution in [0.5, 0.6) is 0 Å². The Morgan fingerprint density at radius 1 is 1.42 bits per heavy atom. The number of hydrogen-bond donors (Lipinski definition) is 2. The average molecular weight is 280 g/mol. The van der Waals surface area contributed by atoms with Gasteiger partial charge in [-0.3, -0.25) is 0 Å². The summed E-state index contributed by atoms with van der Waals surface area (Å²) in [5, 5.41) is 3.77. The Hall–Kier alpha value is -1.65. The first-order chi connectivity index (χ1) is 9.11. The number of nitrogen functional groups attached to an aromatic ring is 1. The van der Waals surface area contributed by atoms with Crippen LogP contribution in [0.15, 0.2) is 36.5 Å². The number of halogens is 2. The lowest BCUT2D eigenvalue weighted by molar-refractivity contribution is 0.603. The van der Waals surface area contributed by atoms with Gasteiger partial charge in [0.05, 0.1) is 11.1 Å². The molecule has 0 saturated heterocycles. The Morgan fingerprint density at radius 2 is 2.21 bits per heavy atom. The van der Waals surface area contributed by atoms with Crippen LogP contribution in [0.2, 0.25) is 5.02 Å². The van der Waals surface area contributed by atoms with Gasteiger partial charge in [-0.1, -0.05) is 30.7 Å². The summed E-state index contributed by atoms with van der Waals surface area (Å²) in [6, 6.07) is 7.92. The van der Waals surface area contributed by atoms with E-state index in [-0.39, 0.29) is 11.9 Å². The number of nitrogens with one attached hydrogen (secondary N) is 1. The van der Waals surface area contributed by atoms with Crippen LogP contribution in [-0.4, -0.2) is 11.5 Å². The zero-order valence-corrected chi connectivity index (χ0v) is 11.3. The Labute approximate surface area is 116 Å². The summed E-state index contributed by atoms with van der Waals surface area (Å²) >= 11 is 5.96. The van der Waals surface area contributed by atoms with Gasteiger partial charge in [0.2, 0.25) is 0 Å². The van der Waals surface area contributed by atoms with Gasteiger partial charge in [-0.25, -0.2) is 9.37 Å². The van der Waals surface area contributed by atoms with E-state index in [4.69, 9.17) is 17.3 Å². The zero-order valence-electron chi connectivity index (χ0n) is 10.5. The van der Waals surface area contributed by atoms with E-state index in [1.165, 1.54) is 18.3 Å². The molecule has 1 heterocycles. The minimum atomic E-state index is -0.283. The van der Waals surface area contributed by atoms with Crippen LogP contribution in [0.1, 0.15) is 24.1 Å². The predicted molar refractivity (Wildman–Crippen MR) is 75.6 cm³/mol. The highest BCUT2D eigenvalue weighted by molar-refractivity contribution is 6.30. The fraction of sp³-hybridized carbons (Fsp3) is 0.214. The molecule has 100 valence electrons. The predicted octanol–water partition coefficient (Wildman–Crippen LogP) is 3.16. The summed E-state index contributed by atoms with van der Waals surface area (Å²) < 4.78 is 13.4. The lowest BCUT2D eigenvalue weighted by atomic mass is 9.99. The molecule has 2 rings (SSSR count). The van der Waals surface area contributed by atoms with Gasteiger partial charge >= 0.3 is 0 Å². The highest BCUT2D eigenvalue weighted by Gasteiger charge is 2.17. The number of pyridine rings is 1. The van der Waals surface area contributed by atoms with Gasteiger partial charge in [0.15, 0.2) is 0 Å². The van der Waals surface area contributed by atoms with E-state index < -0.39 is 0 Å². The number of hydrogen-bond acceptors (Lipinski definition) is 3. The molecule has 5 heteroatoms. The van der Waals surface area contributed by atoms with Crippen molar-refractivity contribution in [3.05, 3.63) is 58.5 Å². The summed E-state index contributed by atoms with van der Waals surface area (Å²) in [7, 11) is 0. The largest absolute Gasteiger partial charge is 0.383 e. The first-order valence-corrected chi connectivity index (χ1v) is 6.39. The van der Waals surface area contributed by atoms with Crippen LogP contribution in [0.3, 0.4) is 0 Å². The van der Waals surface area contributed by atoms with Crippen molar-refractivity contribution >= 4 is 17.4 Å². The highest BCUT2D eigenvalue weighted by atomic mass is 35.5. The van der Waals surface area contributed by atoms with Crippen LogP contribution < -0.4 is 11.1 Å². The van der Waals surface area contributed by atoms with Crippen molar-refractivity contribution in [3.63, 3.8) is 0 Å². The number of nitrogens with zero attached hydrogens (tertiary/aromatic N) is 1. The number of rotatable bonds is 4.